The number of pyridine rings is 1. The Balaban J connectivity index is 1.41. The molecule has 2 unspecified atom stereocenters. The zero-order valence-corrected chi connectivity index (χ0v) is 18.0. The van der Waals surface area contributed by atoms with E-state index in [1.165, 1.54) is 12.8 Å². The Hall–Kier alpha value is -2.74. The molecule has 2 aliphatic heterocycles. The van der Waals surface area contributed by atoms with Gasteiger partial charge < -0.3 is 19.5 Å². The standard InChI is InChI=1S/C22H29N7O/c1-13(2)28-14(3)25-18-12-24-21(11-19(18)28)26-20-7-8-23-22(27-20)29-15-5-6-16(29)10-17(9-15)30-4/h7-8,11-13,15-17H,5-6,9-10H2,1-4H3,(H,23,24,26,27)/t15-,16?,17?/m0/s1. The number of nitrogens with zero attached hydrogens (tertiary/aromatic N) is 6. The lowest BCUT2D eigenvalue weighted by Gasteiger charge is -2.38. The predicted octanol–water partition coefficient (Wildman–Crippen LogP) is 4.00. The largest absolute Gasteiger partial charge is 0.381 e. The molecule has 3 aromatic heterocycles. The van der Waals surface area contributed by atoms with Gasteiger partial charge in [-0.25, -0.2) is 15.0 Å². The molecule has 5 heterocycles. The van der Waals surface area contributed by atoms with Crippen molar-refractivity contribution in [2.75, 3.05) is 17.3 Å². The van der Waals surface area contributed by atoms with Gasteiger partial charge >= 0.3 is 0 Å². The number of nitrogens with one attached hydrogen (secondary N) is 1. The van der Waals surface area contributed by atoms with Crippen LogP contribution in [0.3, 0.4) is 0 Å². The number of hydrogen-bond acceptors (Lipinski definition) is 7. The molecule has 2 fully saturated rings. The van der Waals surface area contributed by atoms with Gasteiger partial charge in [0.2, 0.25) is 5.95 Å². The topological polar surface area (TPSA) is 81.0 Å². The van der Waals surface area contributed by atoms with Gasteiger partial charge in [-0.15, -0.1) is 0 Å². The second-order valence-corrected chi connectivity index (χ2v) is 8.67. The lowest BCUT2D eigenvalue weighted by atomic mass is 10.0. The van der Waals surface area contributed by atoms with Gasteiger partial charge in [0.15, 0.2) is 0 Å². The lowest BCUT2D eigenvalue weighted by molar-refractivity contribution is 0.0680. The molecular weight excluding hydrogens is 378 g/mol. The summed E-state index contributed by atoms with van der Waals surface area (Å²) in [6, 6.07) is 5.19. The number of anilines is 3. The maximum Gasteiger partial charge on any atom is 0.227 e. The highest BCUT2D eigenvalue weighted by atomic mass is 16.5. The van der Waals surface area contributed by atoms with Crippen LogP contribution in [0.2, 0.25) is 0 Å². The summed E-state index contributed by atoms with van der Waals surface area (Å²) in [5, 5.41) is 3.37. The zero-order valence-electron chi connectivity index (χ0n) is 18.0. The number of methoxy groups -OCH3 is 1. The molecule has 0 amide bonds. The molecule has 30 heavy (non-hydrogen) atoms. The van der Waals surface area contributed by atoms with Gasteiger partial charge in [0.25, 0.3) is 0 Å². The van der Waals surface area contributed by atoms with E-state index in [1.54, 1.807) is 0 Å². The van der Waals surface area contributed by atoms with Crippen LogP contribution in [0.5, 0.6) is 0 Å². The van der Waals surface area contributed by atoms with Crippen LogP contribution >= 0.6 is 0 Å². The van der Waals surface area contributed by atoms with E-state index in [9.17, 15) is 0 Å². The van der Waals surface area contributed by atoms with Crippen molar-refractivity contribution in [3.63, 3.8) is 0 Å². The number of aromatic nitrogens is 5. The van der Waals surface area contributed by atoms with Gasteiger partial charge in [-0.05, 0) is 52.5 Å². The van der Waals surface area contributed by atoms with E-state index in [4.69, 9.17) is 9.72 Å². The molecule has 0 saturated carbocycles. The summed E-state index contributed by atoms with van der Waals surface area (Å²) in [7, 11) is 1.82. The highest BCUT2D eigenvalue weighted by Crippen LogP contribution is 2.39. The van der Waals surface area contributed by atoms with E-state index in [1.807, 2.05) is 38.6 Å². The Morgan fingerprint density at radius 2 is 1.87 bits per heavy atom. The van der Waals surface area contributed by atoms with Gasteiger partial charge in [0.05, 0.1) is 17.8 Å². The minimum Gasteiger partial charge on any atom is -0.381 e. The van der Waals surface area contributed by atoms with Crippen molar-refractivity contribution in [2.45, 2.75) is 70.7 Å². The highest BCUT2D eigenvalue weighted by Gasteiger charge is 2.42. The molecule has 1 N–H and O–H groups in total. The summed E-state index contributed by atoms with van der Waals surface area (Å²) in [5.41, 5.74) is 1.99. The van der Waals surface area contributed by atoms with Crippen LogP contribution in [0.4, 0.5) is 17.6 Å². The number of rotatable bonds is 5. The van der Waals surface area contributed by atoms with Crippen molar-refractivity contribution in [3.05, 3.63) is 30.4 Å². The molecule has 2 bridgehead atoms. The molecule has 158 valence electrons. The van der Waals surface area contributed by atoms with Crippen molar-refractivity contribution >= 4 is 28.6 Å². The van der Waals surface area contributed by atoms with Crippen LogP contribution in [0.25, 0.3) is 11.0 Å². The average molecular weight is 408 g/mol. The van der Waals surface area contributed by atoms with Crippen molar-refractivity contribution in [2.24, 2.45) is 0 Å². The van der Waals surface area contributed by atoms with Gasteiger partial charge in [0, 0.05) is 37.5 Å². The minimum atomic E-state index is 0.335. The molecule has 0 spiro atoms. The fraction of sp³-hybridized carbons (Fsp3) is 0.545. The van der Waals surface area contributed by atoms with E-state index in [0.717, 1.165) is 47.3 Å². The smallest absolute Gasteiger partial charge is 0.227 e. The third kappa shape index (κ3) is 3.29. The molecule has 3 aromatic rings. The van der Waals surface area contributed by atoms with Gasteiger partial charge in [-0.2, -0.15) is 4.98 Å². The maximum atomic E-state index is 5.63. The molecule has 5 rings (SSSR count). The summed E-state index contributed by atoms with van der Waals surface area (Å²) in [4.78, 5) is 21.0. The van der Waals surface area contributed by atoms with Gasteiger partial charge in [0.1, 0.15) is 23.0 Å². The first-order chi connectivity index (χ1) is 14.5. The van der Waals surface area contributed by atoms with Crippen LogP contribution in [-0.2, 0) is 4.74 Å². The first kappa shape index (κ1) is 19.2. The van der Waals surface area contributed by atoms with Crippen LogP contribution < -0.4 is 10.2 Å². The summed E-state index contributed by atoms with van der Waals surface area (Å²) in [5.74, 6) is 3.31. The number of piperidine rings is 1. The molecule has 2 aliphatic rings. The molecule has 2 saturated heterocycles. The summed E-state index contributed by atoms with van der Waals surface area (Å²) in [6.07, 6.45) is 8.46. The summed E-state index contributed by atoms with van der Waals surface area (Å²) in [6.45, 7) is 6.36. The number of aryl methyl sites for hydroxylation is 1. The maximum absolute atomic E-state index is 5.63. The number of ether oxygens (including phenoxy) is 1. The lowest BCUT2D eigenvalue weighted by Crippen LogP contribution is -2.46. The van der Waals surface area contributed by atoms with Crippen LogP contribution in [-0.4, -0.2) is 49.8 Å². The molecule has 8 heteroatoms. The summed E-state index contributed by atoms with van der Waals surface area (Å²) < 4.78 is 7.85. The SMILES string of the molecule is COC1CC2CC[C@@H](C1)N2c1nccc(Nc2cc3c(cn2)nc(C)n3C(C)C)n1. The highest BCUT2D eigenvalue weighted by molar-refractivity contribution is 5.79. The Bertz CT molecular complexity index is 1050. The first-order valence-corrected chi connectivity index (χ1v) is 10.8. The van der Waals surface area contributed by atoms with Crippen molar-refractivity contribution in [1.29, 1.82) is 0 Å². The normalized spacial score (nSPS) is 23.5. The third-order valence-electron chi connectivity index (χ3n) is 6.42. The van der Waals surface area contributed by atoms with E-state index >= 15 is 0 Å². The Kier molecular flexibility index (Phi) is 4.81. The molecule has 0 aliphatic carbocycles. The van der Waals surface area contributed by atoms with Crippen molar-refractivity contribution in [3.8, 4) is 0 Å². The Labute approximate surface area is 176 Å². The zero-order chi connectivity index (χ0) is 20.8. The van der Waals surface area contributed by atoms with E-state index in [2.05, 4.69) is 43.6 Å². The fourth-order valence-electron chi connectivity index (χ4n) is 5.16. The molecule has 0 aromatic carbocycles. The Morgan fingerprint density at radius 3 is 2.57 bits per heavy atom. The fourth-order valence-corrected chi connectivity index (χ4v) is 5.16. The molecule has 0 radical (unpaired) electrons. The molecule has 8 nitrogen and oxygen atoms in total. The first-order valence-electron chi connectivity index (χ1n) is 10.8. The minimum absolute atomic E-state index is 0.335. The molecule has 3 atom stereocenters. The number of imidazole rings is 1. The van der Waals surface area contributed by atoms with Crippen LogP contribution in [0.1, 0.15) is 51.4 Å². The number of hydrogen-bond donors (Lipinski definition) is 1. The van der Waals surface area contributed by atoms with Crippen LogP contribution in [0.15, 0.2) is 24.5 Å². The number of fused-ring (bicyclic) bond motifs is 3. The monoisotopic (exact) mass is 407 g/mol. The van der Waals surface area contributed by atoms with E-state index in [-0.39, 0.29) is 0 Å². The van der Waals surface area contributed by atoms with Crippen molar-refractivity contribution in [1.82, 2.24) is 24.5 Å². The summed E-state index contributed by atoms with van der Waals surface area (Å²) >= 11 is 0. The van der Waals surface area contributed by atoms with Gasteiger partial charge in [-0.3, -0.25) is 0 Å². The molecular formula is C22H29N7O. The third-order valence-corrected chi connectivity index (χ3v) is 6.42. The quantitative estimate of drug-likeness (QED) is 0.684. The predicted molar refractivity (Wildman–Crippen MR) is 117 cm³/mol. The second-order valence-electron chi connectivity index (χ2n) is 8.67. The van der Waals surface area contributed by atoms with E-state index < -0.39 is 0 Å². The van der Waals surface area contributed by atoms with Crippen LogP contribution in [0, 0.1) is 6.92 Å². The average Bonchev–Trinajstić information content (AvgIpc) is 3.20. The second kappa shape index (κ2) is 7.50. The van der Waals surface area contributed by atoms with E-state index in [0.29, 0.717) is 24.2 Å². The van der Waals surface area contributed by atoms with Gasteiger partial charge in [-0.1, -0.05) is 0 Å². The van der Waals surface area contributed by atoms with Crippen molar-refractivity contribution < 1.29 is 4.74 Å². The Morgan fingerprint density at radius 1 is 1.10 bits per heavy atom.